The largest absolute Gasteiger partial charge is 0.494 e. The lowest BCUT2D eigenvalue weighted by molar-refractivity contribution is 0.0958. The maximum atomic E-state index is 13.8. The van der Waals surface area contributed by atoms with Crippen LogP contribution >= 0.6 is 0 Å². The van der Waals surface area contributed by atoms with Gasteiger partial charge >= 0.3 is 0 Å². The standard InChI is InChI=1S/C33H43N5O2/c1-22-16-23(2)36-24(3)30(22)20-34-33(39)29-18-26(19-32-31(29)21-35-38(32)27-11-6-7-12-27)25-10-8-13-28(17-25)40-15-9-14-37(4)5/h8,10,13,16-19,21,24,27,36H,6-7,9,11-12,14-15,20H2,1-5H3,(H,34,39). The maximum Gasteiger partial charge on any atom is 0.252 e. The minimum atomic E-state index is -0.0762. The molecular weight excluding hydrogens is 498 g/mol. The second-order valence-electron chi connectivity index (χ2n) is 11.6. The van der Waals surface area contributed by atoms with Crippen LogP contribution in [0.3, 0.4) is 0 Å². The van der Waals surface area contributed by atoms with E-state index >= 15 is 0 Å². The Bertz CT molecular complexity index is 1430. The first kappa shape index (κ1) is 28.0. The first-order valence-electron chi connectivity index (χ1n) is 14.6. The zero-order valence-corrected chi connectivity index (χ0v) is 24.6. The number of dihydropyridines is 1. The number of ether oxygens (including phenoxy) is 1. The number of carbonyl (C=O) groups is 1. The Labute approximate surface area is 238 Å². The Morgan fingerprint density at radius 2 is 1.95 bits per heavy atom. The van der Waals surface area contributed by atoms with Crippen molar-refractivity contribution < 1.29 is 9.53 Å². The van der Waals surface area contributed by atoms with Gasteiger partial charge in [-0.15, -0.1) is 0 Å². The third-order valence-electron chi connectivity index (χ3n) is 8.16. The summed E-state index contributed by atoms with van der Waals surface area (Å²) < 4.78 is 8.22. The molecule has 1 aliphatic carbocycles. The molecule has 0 radical (unpaired) electrons. The molecule has 0 spiro atoms. The lowest BCUT2D eigenvalue weighted by Gasteiger charge is -2.26. The van der Waals surface area contributed by atoms with E-state index in [1.807, 2.05) is 24.4 Å². The predicted molar refractivity (Wildman–Crippen MR) is 163 cm³/mol. The predicted octanol–water partition coefficient (Wildman–Crippen LogP) is 6.09. The number of amides is 1. The van der Waals surface area contributed by atoms with Crippen molar-refractivity contribution >= 4 is 16.8 Å². The first-order valence-corrected chi connectivity index (χ1v) is 14.6. The average molecular weight is 542 g/mol. The van der Waals surface area contributed by atoms with Crippen LogP contribution in [0.15, 0.2) is 65.5 Å². The molecule has 0 saturated heterocycles. The second kappa shape index (κ2) is 12.3. The number of fused-ring (bicyclic) bond motifs is 1. The molecule has 1 aromatic heterocycles. The molecule has 7 heteroatoms. The van der Waals surface area contributed by atoms with Crippen LogP contribution in [-0.2, 0) is 0 Å². The lowest BCUT2D eigenvalue weighted by atomic mass is 9.97. The molecule has 1 unspecified atom stereocenters. The fraction of sp³-hybridized carbons (Fsp3) is 0.455. The van der Waals surface area contributed by atoms with Crippen molar-refractivity contribution in [3.63, 3.8) is 0 Å². The molecule has 2 aromatic carbocycles. The van der Waals surface area contributed by atoms with E-state index in [-0.39, 0.29) is 11.9 Å². The summed E-state index contributed by atoms with van der Waals surface area (Å²) in [5.74, 6) is 0.767. The number of aromatic nitrogens is 2. The number of hydrogen-bond acceptors (Lipinski definition) is 5. The fourth-order valence-corrected chi connectivity index (χ4v) is 6.07. The molecule has 0 bridgehead atoms. The maximum absolute atomic E-state index is 13.8. The number of benzene rings is 2. The molecular formula is C33H43N5O2. The summed E-state index contributed by atoms with van der Waals surface area (Å²) in [5, 5.41) is 12.4. The molecule has 1 aliphatic heterocycles. The monoisotopic (exact) mass is 541 g/mol. The normalized spacial score (nSPS) is 17.9. The Hall–Kier alpha value is -3.58. The minimum Gasteiger partial charge on any atom is -0.494 e. The molecule has 1 saturated carbocycles. The van der Waals surface area contributed by atoms with Crippen molar-refractivity contribution in [3.05, 3.63) is 71.1 Å². The summed E-state index contributed by atoms with van der Waals surface area (Å²) in [6.45, 7) is 8.48. The summed E-state index contributed by atoms with van der Waals surface area (Å²) in [4.78, 5) is 15.9. The first-order chi connectivity index (χ1) is 19.3. The van der Waals surface area contributed by atoms with Crippen LogP contribution in [0.1, 0.15) is 69.3 Å². The molecule has 2 aliphatic rings. The summed E-state index contributed by atoms with van der Waals surface area (Å²) >= 11 is 0. The van der Waals surface area contributed by atoms with Gasteiger partial charge in [0.15, 0.2) is 0 Å². The van der Waals surface area contributed by atoms with Gasteiger partial charge in [0.05, 0.1) is 29.9 Å². The van der Waals surface area contributed by atoms with Crippen molar-refractivity contribution in [3.8, 4) is 16.9 Å². The highest BCUT2D eigenvalue weighted by molar-refractivity contribution is 6.08. The molecule has 40 heavy (non-hydrogen) atoms. The van der Waals surface area contributed by atoms with Gasteiger partial charge in [-0.05, 0) is 107 Å². The van der Waals surface area contributed by atoms with Crippen LogP contribution in [0.4, 0.5) is 0 Å². The number of nitrogens with zero attached hydrogens (tertiary/aromatic N) is 3. The topological polar surface area (TPSA) is 71.4 Å². The van der Waals surface area contributed by atoms with Crippen molar-refractivity contribution in [2.75, 3.05) is 33.8 Å². The quantitative estimate of drug-likeness (QED) is 0.304. The zero-order valence-electron chi connectivity index (χ0n) is 24.6. The van der Waals surface area contributed by atoms with Gasteiger partial charge < -0.3 is 20.3 Å². The highest BCUT2D eigenvalue weighted by Gasteiger charge is 2.23. The van der Waals surface area contributed by atoms with E-state index < -0.39 is 0 Å². The molecule has 1 amide bonds. The summed E-state index contributed by atoms with van der Waals surface area (Å²) in [7, 11) is 4.15. The number of rotatable bonds is 10. The van der Waals surface area contributed by atoms with Gasteiger partial charge in [-0.25, -0.2) is 0 Å². The van der Waals surface area contributed by atoms with E-state index in [4.69, 9.17) is 9.84 Å². The zero-order chi connectivity index (χ0) is 28.2. The summed E-state index contributed by atoms with van der Waals surface area (Å²) in [6, 6.07) is 13.0. The van der Waals surface area contributed by atoms with E-state index in [0.29, 0.717) is 24.8 Å². The van der Waals surface area contributed by atoms with Crippen molar-refractivity contribution in [1.29, 1.82) is 0 Å². The molecule has 3 aromatic rings. The molecule has 5 rings (SSSR count). The van der Waals surface area contributed by atoms with E-state index in [1.165, 1.54) is 24.0 Å². The van der Waals surface area contributed by atoms with Gasteiger partial charge in [0.1, 0.15) is 5.75 Å². The SMILES string of the molecule is CC1=CC(C)=C(CNC(=O)c2cc(-c3cccc(OCCCN(C)C)c3)cc3c2cnn3C2CCCC2)C(C)N1. The molecule has 212 valence electrons. The Kier molecular flexibility index (Phi) is 8.60. The van der Waals surface area contributed by atoms with Crippen LogP contribution in [0, 0.1) is 0 Å². The molecule has 1 atom stereocenters. The van der Waals surface area contributed by atoms with E-state index in [9.17, 15) is 4.79 Å². The number of hydrogen-bond donors (Lipinski definition) is 2. The minimum absolute atomic E-state index is 0.0762. The van der Waals surface area contributed by atoms with Crippen molar-refractivity contribution in [1.82, 2.24) is 25.3 Å². The Morgan fingerprint density at radius 3 is 2.70 bits per heavy atom. The third-order valence-corrected chi connectivity index (χ3v) is 8.16. The summed E-state index contributed by atoms with van der Waals surface area (Å²) in [5.41, 5.74) is 7.27. The lowest BCUT2D eigenvalue weighted by Crippen LogP contribution is -2.36. The smallest absolute Gasteiger partial charge is 0.252 e. The van der Waals surface area contributed by atoms with Crippen LogP contribution in [-0.4, -0.2) is 60.4 Å². The highest BCUT2D eigenvalue weighted by atomic mass is 16.5. The summed E-state index contributed by atoms with van der Waals surface area (Å²) in [6.07, 6.45) is 9.68. The van der Waals surface area contributed by atoms with Crippen LogP contribution in [0.2, 0.25) is 0 Å². The number of nitrogens with one attached hydrogen (secondary N) is 2. The van der Waals surface area contributed by atoms with E-state index in [1.54, 1.807) is 0 Å². The van der Waals surface area contributed by atoms with E-state index in [2.05, 4.69) is 79.4 Å². The molecule has 7 nitrogen and oxygen atoms in total. The Morgan fingerprint density at radius 1 is 1.15 bits per heavy atom. The number of carbonyl (C=O) groups excluding carboxylic acids is 1. The fourth-order valence-electron chi connectivity index (χ4n) is 6.07. The second-order valence-corrected chi connectivity index (χ2v) is 11.6. The van der Waals surface area contributed by atoms with Crippen LogP contribution < -0.4 is 15.4 Å². The number of allylic oxidation sites excluding steroid dienone is 3. The Balaban J connectivity index is 1.46. The molecule has 2 heterocycles. The van der Waals surface area contributed by atoms with E-state index in [0.717, 1.165) is 59.3 Å². The van der Waals surface area contributed by atoms with Gasteiger partial charge in [0.25, 0.3) is 5.91 Å². The van der Waals surface area contributed by atoms with Gasteiger partial charge in [-0.3, -0.25) is 9.48 Å². The molecule has 2 N–H and O–H groups in total. The van der Waals surface area contributed by atoms with Gasteiger partial charge in [-0.1, -0.05) is 25.0 Å². The van der Waals surface area contributed by atoms with Crippen molar-refractivity contribution in [2.45, 2.75) is 65.0 Å². The third kappa shape index (κ3) is 6.25. The highest BCUT2D eigenvalue weighted by Crippen LogP contribution is 2.35. The molecule has 1 fully saturated rings. The average Bonchev–Trinajstić information content (AvgIpc) is 3.60. The van der Waals surface area contributed by atoms with Crippen LogP contribution in [0.5, 0.6) is 5.75 Å². The van der Waals surface area contributed by atoms with Crippen molar-refractivity contribution in [2.24, 2.45) is 0 Å². The van der Waals surface area contributed by atoms with Gasteiger partial charge in [-0.2, -0.15) is 5.10 Å². The van der Waals surface area contributed by atoms with Gasteiger partial charge in [0.2, 0.25) is 0 Å². The van der Waals surface area contributed by atoms with Gasteiger partial charge in [0, 0.05) is 30.2 Å². The van der Waals surface area contributed by atoms with Crippen LogP contribution in [0.25, 0.3) is 22.0 Å².